The summed E-state index contributed by atoms with van der Waals surface area (Å²) in [6, 6.07) is 3.15. The Labute approximate surface area is 123 Å². The van der Waals surface area contributed by atoms with Gasteiger partial charge in [0.15, 0.2) is 0 Å². The van der Waals surface area contributed by atoms with Crippen molar-refractivity contribution in [1.29, 1.82) is 0 Å². The molecule has 0 aliphatic carbocycles. The van der Waals surface area contributed by atoms with Gasteiger partial charge in [0.05, 0.1) is 11.6 Å². The second-order valence-electron chi connectivity index (χ2n) is 4.49. The van der Waals surface area contributed by atoms with Crippen LogP contribution < -0.4 is 0 Å². The van der Waals surface area contributed by atoms with Crippen molar-refractivity contribution in [3.63, 3.8) is 0 Å². The Morgan fingerprint density at radius 2 is 1.95 bits per heavy atom. The van der Waals surface area contributed by atoms with Gasteiger partial charge in [-0.15, -0.1) is 0 Å². The van der Waals surface area contributed by atoms with Crippen molar-refractivity contribution >= 4 is 29.1 Å². The summed E-state index contributed by atoms with van der Waals surface area (Å²) in [7, 11) is 3.42. The molecule has 0 aromatic heterocycles. The van der Waals surface area contributed by atoms with Crippen molar-refractivity contribution in [3.05, 3.63) is 27.7 Å². The minimum absolute atomic E-state index is 0.00876. The van der Waals surface area contributed by atoms with E-state index in [1.807, 2.05) is 11.8 Å². The molecule has 0 fully saturated rings. The maximum atomic E-state index is 11.7. The summed E-state index contributed by atoms with van der Waals surface area (Å²) in [5, 5.41) is 10.6. The van der Waals surface area contributed by atoms with Crippen LogP contribution in [0.5, 0.6) is 5.75 Å². The number of likely N-dealkylation sites (N-methyl/N-ethyl adjacent to an activating group) is 2. The summed E-state index contributed by atoms with van der Waals surface area (Å²) < 4.78 is 0. The van der Waals surface area contributed by atoms with Gasteiger partial charge in [0.1, 0.15) is 5.75 Å². The lowest BCUT2D eigenvalue weighted by molar-refractivity contribution is -0.130. The number of aromatic hydroxyl groups is 1. The summed E-state index contributed by atoms with van der Waals surface area (Å²) >= 11 is 11.8. The zero-order valence-corrected chi connectivity index (χ0v) is 12.8. The number of carbonyl (C=O) groups excluding carboxylic acids is 1. The molecular formula is C13H18Cl2N2O2. The molecule has 4 nitrogen and oxygen atoms in total. The van der Waals surface area contributed by atoms with E-state index in [-0.39, 0.29) is 23.2 Å². The van der Waals surface area contributed by atoms with Gasteiger partial charge in [0.2, 0.25) is 5.91 Å². The van der Waals surface area contributed by atoms with E-state index < -0.39 is 0 Å². The summed E-state index contributed by atoms with van der Waals surface area (Å²) in [4.78, 5) is 15.1. The van der Waals surface area contributed by atoms with Crippen LogP contribution in [0.25, 0.3) is 0 Å². The Hall–Kier alpha value is -0.970. The average Bonchev–Trinajstić information content (AvgIpc) is 2.33. The normalized spacial score (nSPS) is 10.8. The van der Waals surface area contributed by atoms with Gasteiger partial charge < -0.3 is 10.0 Å². The monoisotopic (exact) mass is 304 g/mol. The van der Waals surface area contributed by atoms with Crippen molar-refractivity contribution in [2.24, 2.45) is 0 Å². The molecule has 0 aliphatic rings. The van der Waals surface area contributed by atoms with Gasteiger partial charge in [-0.05, 0) is 18.7 Å². The van der Waals surface area contributed by atoms with Crippen LogP contribution in [0, 0.1) is 0 Å². The number of phenols is 1. The third-order valence-corrected chi connectivity index (χ3v) is 3.31. The van der Waals surface area contributed by atoms with Crippen molar-refractivity contribution in [2.45, 2.75) is 13.5 Å². The minimum atomic E-state index is 0.00876. The Morgan fingerprint density at radius 1 is 1.32 bits per heavy atom. The molecule has 0 bridgehead atoms. The quantitative estimate of drug-likeness (QED) is 0.909. The molecule has 1 amide bonds. The average molecular weight is 305 g/mol. The van der Waals surface area contributed by atoms with E-state index in [0.29, 0.717) is 23.7 Å². The lowest BCUT2D eigenvalue weighted by atomic mass is 10.2. The van der Waals surface area contributed by atoms with Crippen LogP contribution >= 0.6 is 23.2 Å². The molecule has 0 aliphatic heterocycles. The number of phenolic OH excluding ortho intramolecular Hbond substituents is 1. The van der Waals surface area contributed by atoms with Gasteiger partial charge >= 0.3 is 0 Å². The van der Waals surface area contributed by atoms with Gasteiger partial charge in [0, 0.05) is 31.2 Å². The molecule has 0 atom stereocenters. The first-order valence-corrected chi connectivity index (χ1v) is 6.70. The third-order valence-electron chi connectivity index (χ3n) is 2.81. The standard InChI is InChI=1S/C13H18Cl2N2O2/c1-4-17(8-12(18)16(2)3)7-9-5-10(14)6-11(15)13(9)19/h5-6,19H,4,7-8H2,1-3H3. The first-order chi connectivity index (χ1) is 8.85. The van der Waals surface area contributed by atoms with Crippen molar-refractivity contribution in [2.75, 3.05) is 27.2 Å². The number of amides is 1. The number of nitrogens with zero attached hydrogens (tertiary/aromatic N) is 2. The van der Waals surface area contributed by atoms with Crippen molar-refractivity contribution in [1.82, 2.24) is 9.80 Å². The van der Waals surface area contributed by atoms with Crippen LogP contribution in [0.4, 0.5) is 0 Å². The zero-order valence-electron chi connectivity index (χ0n) is 11.3. The highest BCUT2D eigenvalue weighted by molar-refractivity contribution is 6.35. The molecule has 1 N–H and O–H groups in total. The van der Waals surface area contributed by atoms with Gasteiger partial charge in [-0.1, -0.05) is 30.1 Å². The molecule has 0 unspecified atom stereocenters. The number of rotatable bonds is 5. The van der Waals surface area contributed by atoms with Crippen LogP contribution in [0.1, 0.15) is 12.5 Å². The first kappa shape index (κ1) is 16.1. The van der Waals surface area contributed by atoms with Crippen LogP contribution in [-0.2, 0) is 11.3 Å². The number of benzene rings is 1. The van der Waals surface area contributed by atoms with Gasteiger partial charge in [-0.2, -0.15) is 0 Å². The maximum Gasteiger partial charge on any atom is 0.236 e. The third kappa shape index (κ3) is 4.56. The van der Waals surface area contributed by atoms with Crippen molar-refractivity contribution in [3.8, 4) is 5.75 Å². The molecule has 0 heterocycles. The molecule has 0 spiro atoms. The summed E-state index contributed by atoms with van der Waals surface area (Å²) in [5.41, 5.74) is 0.617. The van der Waals surface area contributed by atoms with Crippen LogP contribution in [0.2, 0.25) is 10.0 Å². The molecule has 1 aromatic rings. The summed E-state index contributed by atoms with van der Waals surface area (Å²) in [6.07, 6.45) is 0. The van der Waals surface area contributed by atoms with Crippen LogP contribution in [0.3, 0.4) is 0 Å². The van der Waals surface area contributed by atoms with Crippen LogP contribution in [0.15, 0.2) is 12.1 Å². The van der Waals surface area contributed by atoms with E-state index in [2.05, 4.69) is 0 Å². The molecule has 0 saturated heterocycles. The van der Waals surface area contributed by atoms with E-state index in [0.717, 1.165) is 0 Å². The van der Waals surface area contributed by atoms with Gasteiger partial charge in [-0.3, -0.25) is 9.69 Å². The molecule has 106 valence electrons. The Balaban J connectivity index is 2.84. The molecule has 19 heavy (non-hydrogen) atoms. The molecule has 0 radical (unpaired) electrons. The van der Waals surface area contributed by atoms with E-state index in [4.69, 9.17) is 23.2 Å². The Kier molecular flexibility index (Phi) is 5.91. The topological polar surface area (TPSA) is 43.8 Å². The number of carbonyl (C=O) groups is 1. The Morgan fingerprint density at radius 3 is 2.47 bits per heavy atom. The van der Waals surface area contributed by atoms with E-state index in [9.17, 15) is 9.90 Å². The fraction of sp³-hybridized carbons (Fsp3) is 0.462. The molecule has 0 saturated carbocycles. The number of hydrogen-bond donors (Lipinski definition) is 1. The minimum Gasteiger partial charge on any atom is -0.506 e. The van der Waals surface area contributed by atoms with Crippen LogP contribution in [-0.4, -0.2) is 48.0 Å². The van der Waals surface area contributed by atoms with E-state index in [1.54, 1.807) is 20.2 Å². The number of halogens is 2. The molecule has 1 rings (SSSR count). The predicted molar refractivity (Wildman–Crippen MR) is 77.8 cm³/mol. The maximum absolute atomic E-state index is 11.7. The highest BCUT2D eigenvalue weighted by Gasteiger charge is 2.15. The largest absolute Gasteiger partial charge is 0.506 e. The second-order valence-corrected chi connectivity index (χ2v) is 5.33. The summed E-state index contributed by atoms with van der Waals surface area (Å²) in [5.74, 6) is 0.0243. The first-order valence-electron chi connectivity index (χ1n) is 5.94. The van der Waals surface area contributed by atoms with E-state index >= 15 is 0 Å². The smallest absolute Gasteiger partial charge is 0.236 e. The predicted octanol–water partition coefficient (Wildman–Crippen LogP) is 2.61. The molecule has 6 heteroatoms. The SMILES string of the molecule is CCN(CC(=O)N(C)C)Cc1cc(Cl)cc(Cl)c1O. The summed E-state index contributed by atoms with van der Waals surface area (Å²) in [6.45, 7) is 3.34. The molecular weight excluding hydrogens is 287 g/mol. The second kappa shape index (κ2) is 6.98. The fourth-order valence-corrected chi connectivity index (χ4v) is 2.13. The lowest BCUT2D eigenvalue weighted by Gasteiger charge is -2.22. The van der Waals surface area contributed by atoms with Gasteiger partial charge in [-0.25, -0.2) is 0 Å². The molecule has 1 aromatic carbocycles. The lowest BCUT2D eigenvalue weighted by Crippen LogP contribution is -2.36. The highest BCUT2D eigenvalue weighted by atomic mass is 35.5. The highest BCUT2D eigenvalue weighted by Crippen LogP contribution is 2.31. The van der Waals surface area contributed by atoms with E-state index in [1.165, 1.54) is 11.0 Å². The Bertz CT molecular complexity index is 464. The fourth-order valence-electron chi connectivity index (χ4n) is 1.59. The van der Waals surface area contributed by atoms with Gasteiger partial charge in [0.25, 0.3) is 0 Å². The number of hydrogen-bond acceptors (Lipinski definition) is 3. The van der Waals surface area contributed by atoms with Crippen molar-refractivity contribution < 1.29 is 9.90 Å². The zero-order chi connectivity index (χ0) is 14.6.